The first-order chi connectivity index (χ1) is 5.31. The van der Waals surface area contributed by atoms with Crippen LogP contribution < -0.4 is 5.32 Å². The van der Waals surface area contributed by atoms with Crippen LogP contribution in [0.4, 0.5) is 0 Å². The number of furan rings is 1. The summed E-state index contributed by atoms with van der Waals surface area (Å²) in [4.78, 5) is 0. The minimum atomic E-state index is 0.968. The van der Waals surface area contributed by atoms with Gasteiger partial charge in [-0.15, -0.1) is 0 Å². The van der Waals surface area contributed by atoms with Crippen LogP contribution in [-0.4, -0.2) is 13.1 Å². The van der Waals surface area contributed by atoms with Crippen LogP contribution in [0.3, 0.4) is 0 Å². The first-order valence-corrected chi connectivity index (χ1v) is 4.02. The first kappa shape index (κ1) is 10.2. The summed E-state index contributed by atoms with van der Waals surface area (Å²) in [6, 6.07) is 3.79. The minimum absolute atomic E-state index is 0.968. The zero-order valence-corrected chi connectivity index (χ0v) is 7.55. The molecular formula is C9H17NO. The lowest BCUT2D eigenvalue weighted by molar-refractivity contribution is 0.534. The van der Waals surface area contributed by atoms with Crippen molar-refractivity contribution in [3.63, 3.8) is 0 Å². The molecule has 0 atom stereocenters. The Morgan fingerprint density at radius 3 is 2.09 bits per heavy atom. The van der Waals surface area contributed by atoms with Crippen molar-refractivity contribution >= 4 is 0 Å². The van der Waals surface area contributed by atoms with Gasteiger partial charge in [0.2, 0.25) is 0 Å². The Balaban J connectivity index is 0.000000187. The highest BCUT2D eigenvalue weighted by atomic mass is 16.3. The highest BCUT2D eigenvalue weighted by Gasteiger charge is 1.75. The Kier molecular flexibility index (Phi) is 6.84. The molecule has 1 aromatic rings. The molecule has 0 aromatic carbocycles. The van der Waals surface area contributed by atoms with Gasteiger partial charge in [-0.05, 0) is 32.1 Å². The molecule has 2 heteroatoms. The van der Waals surface area contributed by atoms with Crippen molar-refractivity contribution in [3.05, 3.63) is 24.2 Å². The van der Waals surface area contributed by atoms with E-state index in [2.05, 4.69) is 19.2 Å². The summed E-state index contributed by atoms with van der Waals surface area (Å²) in [5.74, 6) is 0.968. The molecule has 0 radical (unpaired) electrons. The molecule has 0 saturated heterocycles. The molecule has 0 fully saturated rings. The molecule has 64 valence electrons. The van der Waals surface area contributed by atoms with Crippen LogP contribution in [0.2, 0.25) is 0 Å². The third-order valence-electron chi connectivity index (χ3n) is 1.16. The smallest absolute Gasteiger partial charge is 0.100 e. The van der Waals surface area contributed by atoms with Crippen molar-refractivity contribution < 1.29 is 4.42 Å². The van der Waals surface area contributed by atoms with Crippen LogP contribution in [-0.2, 0) is 0 Å². The average Bonchev–Trinajstić information content (AvgIpc) is 2.43. The summed E-state index contributed by atoms with van der Waals surface area (Å²) in [5, 5.41) is 3.11. The van der Waals surface area contributed by atoms with Gasteiger partial charge in [0, 0.05) is 0 Å². The zero-order valence-electron chi connectivity index (χ0n) is 7.55. The second-order valence-electron chi connectivity index (χ2n) is 2.18. The van der Waals surface area contributed by atoms with E-state index in [4.69, 9.17) is 4.42 Å². The van der Waals surface area contributed by atoms with E-state index in [-0.39, 0.29) is 0 Å². The van der Waals surface area contributed by atoms with Gasteiger partial charge in [0.25, 0.3) is 0 Å². The van der Waals surface area contributed by atoms with Crippen LogP contribution in [0.5, 0.6) is 0 Å². The largest absolute Gasteiger partial charge is 0.470 e. The normalized spacial score (nSPS) is 8.64. The Hall–Kier alpha value is -0.760. The summed E-state index contributed by atoms with van der Waals surface area (Å²) in [6.07, 6.45) is 1.66. The molecule has 0 aliphatic carbocycles. The molecule has 0 spiro atoms. The first-order valence-electron chi connectivity index (χ1n) is 4.02. The molecule has 0 aliphatic heterocycles. The van der Waals surface area contributed by atoms with Gasteiger partial charge in [0.05, 0.1) is 6.26 Å². The van der Waals surface area contributed by atoms with Crippen molar-refractivity contribution in [2.24, 2.45) is 0 Å². The van der Waals surface area contributed by atoms with E-state index >= 15 is 0 Å². The molecule has 0 saturated carbocycles. The molecule has 0 aliphatic rings. The molecule has 11 heavy (non-hydrogen) atoms. The molecule has 0 unspecified atom stereocenters. The van der Waals surface area contributed by atoms with Crippen molar-refractivity contribution in [2.75, 3.05) is 13.1 Å². The molecular weight excluding hydrogens is 138 g/mol. The topological polar surface area (TPSA) is 25.2 Å². The van der Waals surface area contributed by atoms with E-state index in [1.165, 1.54) is 0 Å². The second-order valence-corrected chi connectivity index (χ2v) is 2.18. The molecule has 1 heterocycles. The Morgan fingerprint density at radius 2 is 2.00 bits per heavy atom. The highest BCUT2D eigenvalue weighted by Crippen LogP contribution is 1.93. The van der Waals surface area contributed by atoms with E-state index in [0.29, 0.717) is 0 Å². The van der Waals surface area contributed by atoms with E-state index < -0.39 is 0 Å². The SMILES string of the molecule is CCNCC.Cc1ccco1. The van der Waals surface area contributed by atoms with Crippen LogP contribution >= 0.6 is 0 Å². The van der Waals surface area contributed by atoms with Gasteiger partial charge < -0.3 is 9.73 Å². The van der Waals surface area contributed by atoms with Gasteiger partial charge in [-0.25, -0.2) is 0 Å². The number of hydrogen-bond donors (Lipinski definition) is 1. The predicted molar refractivity (Wildman–Crippen MR) is 47.7 cm³/mol. The summed E-state index contributed by atoms with van der Waals surface area (Å²) >= 11 is 0. The fraction of sp³-hybridized carbons (Fsp3) is 0.556. The molecule has 2 nitrogen and oxygen atoms in total. The van der Waals surface area contributed by atoms with Gasteiger partial charge in [0.15, 0.2) is 0 Å². The van der Waals surface area contributed by atoms with E-state index in [1.54, 1.807) is 6.26 Å². The van der Waals surface area contributed by atoms with Gasteiger partial charge >= 0.3 is 0 Å². The minimum Gasteiger partial charge on any atom is -0.470 e. The van der Waals surface area contributed by atoms with Crippen LogP contribution in [0.1, 0.15) is 19.6 Å². The average molecular weight is 155 g/mol. The van der Waals surface area contributed by atoms with Gasteiger partial charge in [0.1, 0.15) is 5.76 Å². The monoisotopic (exact) mass is 155 g/mol. The third kappa shape index (κ3) is 7.13. The fourth-order valence-electron chi connectivity index (χ4n) is 0.611. The van der Waals surface area contributed by atoms with Gasteiger partial charge in [-0.3, -0.25) is 0 Å². The lowest BCUT2D eigenvalue weighted by atomic mass is 10.5. The van der Waals surface area contributed by atoms with Crippen molar-refractivity contribution in [2.45, 2.75) is 20.8 Å². The predicted octanol–water partition coefficient (Wildman–Crippen LogP) is 2.20. The van der Waals surface area contributed by atoms with Crippen molar-refractivity contribution in [1.82, 2.24) is 5.32 Å². The zero-order chi connectivity index (χ0) is 8.53. The van der Waals surface area contributed by atoms with E-state index in [9.17, 15) is 0 Å². The lowest BCUT2D eigenvalue weighted by Crippen LogP contribution is -2.09. The Morgan fingerprint density at radius 1 is 1.36 bits per heavy atom. The number of hydrogen-bond acceptors (Lipinski definition) is 2. The molecule has 1 rings (SSSR count). The quantitative estimate of drug-likeness (QED) is 0.708. The van der Waals surface area contributed by atoms with E-state index in [1.807, 2.05) is 19.1 Å². The highest BCUT2D eigenvalue weighted by molar-refractivity contribution is 4.93. The van der Waals surface area contributed by atoms with Crippen LogP contribution in [0, 0.1) is 6.92 Å². The summed E-state index contributed by atoms with van der Waals surface area (Å²) in [7, 11) is 0. The van der Waals surface area contributed by atoms with Gasteiger partial charge in [-0.2, -0.15) is 0 Å². The summed E-state index contributed by atoms with van der Waals surface area (Å²) in [5.41, 5.74) is 0. The standard InChI is InChI=1S/C5H6O.C4H11N/c1-5-3-2-4-6-5;1-3-5-4-2/h2-4H,1H3;5H,3-4H2,1-2H3. The molecule has 0 amide bonds. The Bertz CT molecular complexity index is 145. The fourth-order valence-corrected chi connectivity index (χ4v) is 0.611. The number of rotatable bonds is 2. The maximum absolute atomic E-state index is 4.83. The number of aryl methyl sites for hydroxylation is 1. The third-order valence-corrected chi connectivity index (χ3v) is 1.16. The van der Waals surface area contributed by atoms with Crippen molar-refractivity contribution in [1.29, 1.82) is 0 Å². The maximum atomic E-state index is 4.83. The lowest BCUT2D eigenvalue weighted by Gasteiger charge is -1.86. The van der Waals surface area contributed by atoms with Crippen LogP contribution in [0.15, 0.2) is 22.8 Å². The van der Waals surface area contributed by atoms with Crippen molar-refractivity contribution in [3.8, 4) is 0 Å². The molecule has 0 bridgehead atoms. The van der Waals surface area contributed by atoms with E-state index in [0.717, 1.165) is 18.8 Å². The summed E-state index contributed by atoms with van der Waals surface area (Å²) < 4.78 is 4.83. The molecule has 1 aromatic heterocycles. The Labute approximate surface area is 68.6 Å². The van der Waals surface area contributed by atoms with Gasteiger partial charge in [-0.1, -0.05) is 13.8 Å². The molecule has 1 N–H and O–H groups in total. The maximum Gasteiger partial charge on any atom is 0.100 e. The number of nitrogens with one attached hydrogen (secondary N) is 1. The van der Waals surface area contributed by atoms with Crippen LogP contribution in [0.25, 0.3) is 0 Å². The second kappa shape index (κ2) is 7.35. The summed E-state index contributed by atoms with van der Waals surface area (Å²) in [6.45, 7) is 8.31.